The smallest absolute Gasteiger partial charge is 0.305 e. The van der Waals surface area contributed by atoms with Crippen molar-refractivity contribution < 1.29 is 14.3 Å². The van der Waals surface area contributed by atoms with Crippen LogP contribution in [0.2, 0.25) is 0 Å². The molecule has 1 N–H and O–H groups in total. The lowest BCUT2D eigenvalue weighted by Gasteiger charge is -2.14. The maximum Gasteiger partial charge on any atom is 0.305 e. The number of unbranched alkanes of at least 4 members (excludes halogenated alkanes) is 2. The summed E-state index contributed by atoms with van der Waals surface area (Å²) in [7, 11) is 0. The van der Waals surface area contributed by atoms with Crippen LogP contribution in [0.3, 0.4) is 0 Å². The zero-order chi connectivity index (χ0) is 19.8. The lowest BCUT2D eigenvalue weighted by Crippen LogP contribution is -2.13. The standard InChI is InChI=1S/C19H29N5O3S/c1-3-26-16(25)7-5-4-6-10-20-18-17-19(22-12-21-18)24(13-23-17)15-9-8-14(27-15)11-28-2/h12-15H,3-11H2,1-2H3,(H,20,21,22)/t14-,15+/m0/s1. The van der Waals surface area contributed by atoms with Gasteiger partial charge >= 0.3 is 5.97 Å². The van der Waals surface area contributed by atoms with Crippen molar-refractivity contribution in [2.24, 2.45) is 0 Å². The van der Waals surface area contributed by atoms with Crippen LogP contribution in [-0.4, -0.2) is 56.8 Å². The van der Waals surface area contributed by atoms with E-state index in [-0.39, 0.29) is 12.2 Å². The van der Waals surface area contributed by atoms with Gasteiger partial charge in [0.2, 0.25) is 0 Å². The van der Waals surface area contributed by atoms with E-state index in [9.17, 15) is 4.79 Å². The SMILES string of the molecule is CCOC(=O)CCCCCNc1ncnc2c1ncn2[C@H]1CC[C@@H](CSC)O1. The zero-order valence-electron chi connectivity index (χ0n) is 16.6. The highest BCUT2D eigenvalue weighted by molar-refractivity contribution is 7.98. The van der Waals surface area contributed by atoms with Gasteiger partial charge in [0.1, 0.15) is 12.6 Å². The number of ether oxygens (including phenoxy) is 2. The molecular weight excluding hydrogens is 378 g/mol. The van der Waals surface area contributed by atoms with E-state index in [0.717, 1.165) is 61.4 Å². The van der Waals surface area contributed by atoms with Gasteiger partial charge in [-0.2, -0.15) is 11.8 Å². The second-order valence-corrected chi connectivity index (χ2v) is 7.74. The molecule has 8 nitrogen and oxygen atoms in total. The van der Waals surface area contributed by atoms with Crippen LogP contribution >= 0.6 is 11.8 Å². The third-order valence-electron chi connectivity index (χ3n) is 4.76. The van der Waals surface area contributed by atoms with Gasteiger partial charge < -0.3 is 14.8 Å². The molecule has 2 aromatic heterocycles. The average Bonchev–Trinajstić information content (AvgIpc) is 3.32. The van der Waals surface area contributed by atoms with Crippen molar-refractivity contribution in [1.82, 2.24) is 19.5 Å². The molecule has 0 saturated carbocycles. The molecule has 2 atom stereocenters. The Bertz CT molecular complexity index is 769. The van der Waals surface area contributed by atoms with Gasteiger partial charge in [-0.15, -0.1) is 0 Å². The number of fused-ring (bicyclic) bond motifs is 1. The van der Waals surface area contributed by atoms with E-state index in [1.807, 2.05) is 23.3 Å². The van der Waals surface area contributed by atoms with Gasteiger partial charge in [0.15, 0.2) is 17.0 Å². The number of esters is 1. The maximum atomic E-state index is 11.3. The molecule has 1 aliphatic rings. The van der Waals surface area contributed by atoms with Crippen LogP contribution in [0, 0.1) is 0 Å². The number of hydrogen-bond donors (Lipinski definition) is 1. The molecule has 9 heteroatoms. The molecule has 0 spiro atoms. The summed E-state index contributed by atoms with van der Waals surface area (Å²) in [5, 5.41) is 3.35. The first-order chi connectivity index (χ1) is 13.7. The molecule has 2 aromatic rings. The number of rotatable bonds is 11. The summed E-state index contributed by atoms with van der Waals surface area (Å²) in [4.78, 5) is 24.6. The second-order valence-electron chi connectivity index (χ2n) is 6.83. The average molecular weight is 408 g/mol. The maximum absolute atomic E-state index is 11.3. The lowest BCUT2D eigenvalue weighted by atomic mass is 10.2. The molecule has 1 aliphatic heterocycles. The van der Waals surface area contributed by atoms with Gasteiger partial charge in [-0.25, -0.2) is 15.0 Å². The van der Waals surface area contributed by atoms with Crippen LogP contribution in [-0.2, 0) is 14.3 Å². The Balaban J connectivity index is 1.51. The molecule has 0 bridgehead atoms. The summed E-state index contributed by atoms with van der Waals surface area (Å²) >= 11 is 1.81. The summed E-state index contributed by atoms with van der Waals surface area (Å²) in [6, 6.07) is 0. The Kier molecular flexibility index (Phi) is 7.90. The van der Waals surface area contributed by atoms with Crippen molar-refractivity contribution in [3.63, 3.8) is 0 Å². The van der Waals surface area contributed by atoms with Crippen molar-refractivity contribution in [3.05, 3.63) is 12.7 Å². The number of thioether (sulfide) groups is 1. The number of nitrogens with zero attached hydrogens (tertiary/aromatic N) is 4. The van der Waals surface area contributed by atoms with E-state index < -0.39 is 0 Å². The van der Waals surface area contributed by atoms with Crippen LogP contribution in [0.25, 0.3) is 11.2 Å². The molecule has 0 aliphatic carbocycles. The third-order valence-corrected chi connectivity index (χ3v) is 5.47. The largest absolute Gasteiger partial charge is 0.466 e. The summed E-state index contributed by atoms with van der Waals surface area (Å²) in [6.45, 7) is 3.05. The van der Waals surface area contributed by atoms with Crippen LogP contribution in [0.15, 0.2) is 12.7 Å². The van der Waals surface area contributed by atoms with Crippen LogP contribution < -0.4 is 5.32 Å². The molecule has 3 rings (SSSR count). The molecular formula is C19H29N5O3S. The Morgan fingerprint density at radius 1 is 1.32 bits per heavy atom. The fraction of sp³-hybridized carbons (Fsp3) is 0.684. The first-order valence-electron chi connectivity index (χ1n) is 9.94. The summed E-state index contributed by atoms with van der Waals surface area (Å²) in [5.74, 6) is 1.64. The predicted molar refractivity (Wildman–Crippen MR) is 110 cm³/mol. The Morgan fingerprint density at radius 3 is 3.04 bits per heavy atom. The van der Waals surface area contributed by atoms with E-state index in [1.165, 1.54) is 0 Å². The van der Waals surface area contributed by atoms with Crippen LogP contribution in [0.5, 0.6) is 0 Å². The predicted octanol–water partition coefficient (Wildman–Crippen LogP) is 3.40. The van der Waals surface area contributed by atoms with Gasteiger partial charge in [0.25, 0.3) is 0 Å². The van der Waals surface area contributed by atoms with E-state index in [0.29, 0.717) is 19.1 Å². The molecule has 0 amide bonds. The van der Waals surface area contributed by atoms with Crippen molar-refractivity contribution in [2.75, 3.05) is 30.5 Å². The summed E-state index contributed by atoms with van der Waals surface area (Å²) < 4.78 is 13.1. The highest BCUT2D eigenvalue weighted by atomic mass is 32.2. The molecule has 28 heavy (non-hydrogen) atoms. The Labute approximate surface area is 169 Å². The van der Waals surface area contributed by atoms with Gasteiger partial charge in [-0.05, 0) is 38.9 Å². The van der Waals surface area contributed by atoms with Crippen LogP contribution in [0.1, 0.15) is 51.7 Å². The zero-order valence-corrected chi connectivity index (χ0v) is 17.4. The normalized spacial score (nSPS) is 19.2. The summed E-state index contributed by atoms with van der Waals surface area (Å²) in [6.07, 6.45) is 11.0. The molecule has 154 valence electrons. The molecule has 0 aromatic carbocycles. The van der Waals surface area contributed by atoms with E-state index in [2.05, 4.69) is 26.5 Å². The molecule has 1 fully saturated rings. The molecule has 0 radical (unpaired) electrons. The quantitative estimate of drug-likeness (QED) is 0.448. The number of carbonyl (C=O) groups is 1. The minimum absolute atomic E-state index is 0.00669. The fourth-order valence-electron chi connectivity index (χ4n) is 3.40. The van der Waals surface area contributed by atoms with Crippen molar-refractivity contribution in [3.8, 4) is 0 Å². The molecule has 3 heterocycles. The highest BCUT2D eigenvalue weighted by Gasteiger charge is 2.27. The van der Waals surface area contributed by atoms with Gasteiger partial charge in [0.05, 0.1) is 19.0 Å². The number of hydrogen-bond acceptors (Lipinski definition) is 8. The highest BCUT2D eigenvalue weighted by Crippen LogP contribution is 2.32. The third kappa shape index (κ3) is 5.35. The Hall–Kier alpha value is -1.87. The minimum Gasteiger partial charge on any atom is -0.466 e. The van der Waals surface area contributed by atoms with E-state index in [1.54, 1.807) is 12.7 Å². The monoisotopic (exact) mass is 407 g/mol. The van der Waals surface area contributed by atoms with E-state index >= 15 is 0 Å². The number of imidazole rings is 1. The van der Waals surface area contributed by atoms with Crippen LogP contribution in [0.4, 0.5) is 5.82 Å². The lowest BCUT2D eigenvalue weighted by molar-refractivity contribution is -0.143. The van der Waals surface area contributed by atoms with E-state index in [4.69, 9.17) is 9.47 Å². The van der Waals surface area contributed by atoms with Gasteiger partial charge in [-0.3, -0.25) is 9.36 Å². The number of carbonyl (C=O) groups excluding carboxylic acids is 1. The first-order valence-corrected chi connectivity index (χ1v) is 11.3. The number of nitrogens with one attached hydrogen (secondary N) is 1. The van der Waals surface area contributed by atoms with Gasteiger partial charge in [-0.1, -0.05) is 6.42 Å². The van der Waals surface area contributed by atoms with Gasteiger partial charge in [0, 0.05) is 18.7 Å². The topological polar surface area (TPSA) is 91.2 Å². The summed E-state index contributed by atoms with van der Waals surface area (Å²) in [5.41, 5.74) is 1.57. The van der Waals surface area contributed by atoms with Crippen molar-refractivity contribution in [1.29, 1.82) is 0 Å². The van der Waals surface area contributed by atoms with Crippen molar-refractivity contribution >= 4 is 34.7 Å². The minimum atomic E-state index is -0.118. The fourth-order valence-corrected chi connectivity index (χ4v) is 4.02. The second kappa shape index (κ2) is 10.6. The Morgan fingerprint density at radius 2 is 2.21 bits per heavy atom. The number of anilines is 1. The van der Waals surface area contributed by atoms with Crippen molar-refractivity contribution in [2.45, 2.75) is 57.8 Å². The first kappa shape index (κ1) is 20.9. The molecule has 0 unspecified atom stereocenters. The number of aromatic nitrogens is 4. The molecule has 1 saturated heterocycles.